The molecule has 4 rings (SSSR count). The molecule has 0 atom stereocenters. The van der Waals surface area contributed by atoms with Crippen LogP contribution in [0.4, 0.5) is 5.13 Å². The molecule has 0 aliphatic heterocycles. The molecule has 0 aliphatic carbocycles. The second kappa shape index (κ2) is 8.15. The van der Waals surface area contributed by atoms with Crippen molar-refractivity contribution >= 4 is 38.9 Å². The van der Waals surface area contributed by atoms with Gasteiger partial charge in [0.1, 0.15) is 0 Å². The molecule has 138 valence electrons. The second-order valence-corrected chi connectivity index (χ2v) is 7.30. The lowest BCUT2D eigenvalue weighted by atomic mass is 10.1. The van der Waals surface area contributed by atoms with Crippen LogP contribution in [0.25, 0.3) is 22.0 Å². The molecule has 0 saturated heterocycles. The topological polar surface area (TPSA) is 59.1 Å². The fourth-order valence-corrected chi connectivity index (χ4v) is 3.73. The molecule has 0 fully saturated rings. The average Bonchev–Trinajstić information content (AvgIpc) is 3.20. The molecule has 1 aromatic heterocycles. The molecule has 3 aromatic carbocycles. The number of carbonyl (C=O) groups is 2. The SMILES string of the molecule is O=C(CCC(=O)c1ccccc1)Nc1nc(-c2ccc3ccccc3c2)cs1. The monoisotopic (exact) mass is 386 g/mol. The van der Waals surface area contributed by atoms with Crippen molar-refractivity contribution in [1.82, 2.24) is 4.98 Å². The standard InChI is InChI=1S/C23H18N2O2S/c26-21(17-7-2-1-3-8-17)12-13-22(27)25-23-24-20(15-28-23)19-11-10-16-6-4-5-9-18(16)14-19/h1-11,14-15H,12-13H2,(H,24,25,27). The second-order valence-electron chi connectivity index (χ2n) is 6.44. The number of fused-ring (bicyclic) bond motifs is 1. The Labute approximate surface area is 166 Å². The minimum absolute atomic E-state index is 0.0354. The van der Waals surface area contributed by atoms with Crippen LogP contribution in [0.1, 0.15) is 23.2 Å². The van der Waals surface area contributed by atoms with Gasteiger partial charge < -0.3 is 5.32 Å². The third kappa shape index (κ3) is 4.15. The van der Waals surface area contributed by atoms with Crippen molar-refractivity contribution in [3.8, 4) is 11.3 Å². The Balaban J connectivity index is 1.38. The molecule has 28 heavy (non-hydrogen) atoms. The fraction of sp³-hybridized carbons (Fsp3) is 0.0870. The molecule has 0 saturated carbocycles. The Morgan fingerprint density at radius 2 is 1.61 bits per heavy atom. The number of anilines is 1. The predicted molar refractivity (Wildman–Crippen MR) is 114 cm³/mol. The van der Waals surface area contributed by atoms with Gasteiger partial charge in [-0.1, -0.05) is 66.7 Å². The largest absolute Gasteiger partial charge is 0.302 e. The Hall–Kier alpha value is -3.31. The number of amides is 1. The molecule has 0 unspecified atom stereocenters. The number of nitrogens with zero attached hydrogens (tertiary/aromatic N) is 1. The molecule has 0 radical (unpaired) electrons. The van der Waals surface area contributed by atoms with Gasteiger partial charge >= 0.3 is 0 Å². The van der Waals surface area contributed by atoms with Crippen LogP contribution in [0.5, 0.6) is 0 Å². The zero-order chi connectivity index (χ0) is 19.3. The summed E-state index contributed by atoms with van der Waals surface area (Å²) in [6.07, 6.45) is 0.317. The summed E-state index contributed by atoms with van der Waals surface area (Å²) in [5.74, 6) is -0.240. The molecule has 4 nitrogen and oxygen atoms in total. The van der Waals surface area contributed by atoms with Gasteiger partial charge in [0.05, 0.1) is 5.69 Å². The van der Waals surface area contributed by atoms with E-state index in [1.165, 1.54) is 16.7 Å². The van der Waals surface area contributed by atoms with Gasteiger partial charge in [-0.05, 0) is 16.8 Å². The Kier molecular flexibility index (Phi) is 5.26. The minimum Gasteiger partial charge on any atom is -0.302 e. The van der Waals surface area contributed by atoms with Gasteiger partial charge in [0.15, 0.2) is 10.9 Å². The molecule has 0 spiro atoms. The van der Waals surface area contributed by atoms with E-state index in [1.54, 1.807) is 12.1 Å². The molecule has 1 amide bonds. The normalized spacial score (nSPS) is 10.7. The van der Waals surface area contributed by atoms with Crippen LogP contribution >= 0.6 is 11.3 Å². The van der Waals surface area contributed by atoms with Crippen LogP contribution in [0.3, 0.4) is 0 Å². The molecular formula is C23H18N2O2S. The Bertz CT molecular complexity index is 1140. The van der Waals surface area contributed by atoms with Gasteiger partial charge in [0.25, 0.3) is 0 Å². The predicted octanol–water partition coefficient (Wildman–Crippen LogP) is 5.56. The molecule has 1 heterocycles. The summed E-state index contributed by atoms with van der Waals surface area (Å²) in [5, 5.41) is 7.59. The van der Waals surface area contributed by atoms with Gasteiger partial charge in [-0.3, -0.25) is 9.59 Å². The number of benzene rings is 3. The molecule has 1 N–H and O–H groups in total. The third-order valence-electron chi connectivity index (χ3n) is 4.47. The van der Waals surface area contributed by atoms with E-state index in [-0.39, 0.29) is 24.5 Å². The van der Waals surface area contributed by atoms with E-state index in [2.05, 4.69) is 34.6 Å². The number of thiazole rings is 1. The van der Waals surface area contributed by atoms with Crippen LogP contribution in [0.15, 0.2) is 78.2 Å². The maximum Gasteiger partial charge on any atom is 0.226 e. The minimum atomic E-state index is -0.205. The molecule has 5 heteroatoms. The van der Waals surface area contributed by atoms with E-state index >= 15 is 0 Å². The van der Waals surface area contributed by atoms with Crippen molar-refractivity contribution in [2.75, 3.05) is 5.32 Å². The number of hydrogen-bond donors (Lipinski definition) is 1. The van der Waals surface area contributed by atoms with Gasteiger partial charge in [0.2, 0.25) is 5.91 Å². The van der Waals surface area contributed by atoms with Crippen molar-refractivity contribution in [2.45, 2.75) is 12.8 Å². The van der Waals surface area contributed by atoms with Crippen LogP contribution in [0.2, 0.25) is 0 Å². The Morgan fingerprint density at radius 1 is 0.857 bits per heavy atom. The lowest BCUT2D eigenvalue weighted by Gasteiger charge is -2.03. The highest BCUT2D eigenvalue weighted by Gasteiger charge is 2.11. The zero-order valence-electron chi connectivity index (χ0n) is 15.1. The number of aromatic nitrogens is 1. The first-order valence-electron chi connectivity index (χ1n) is 9.02. The van der Waals surface area contributed by atoms with E-state index in [9.17, 15) is 9.59 Å². The summed E-state index contributed by atoms with van der Waals surface area (Å²) in [6, 6.07) is 23.4. The summed E-state index contributed by atoms with van der Waals surface area (Å²) in [7, 11) is 0. The molecular weight excluding hydrogens is 368 g/mol. The van der Waals surface area contributed by atoms with E-state index in [4.69, 9.17) is 0 Å². The van der Waals surface area contributed by atoms with E-state index < -0.39 is 0 Å². The van der Waals surface area contributed by atoms with Crippen molar-refractivity contribution in [1.29, 1.82) is 0 Å². The summed E-state index contributed by atoms with van der Waals surface area (Å²) < 4.78 is 0. The lowest BCUT2D eigenvalue weighted by molar-refractivity contribution is -0.116. The highest BCUT2D eigenvalue weighted by molar-refractivity contribution is 7.14. The highest BCUT2D eigenvalue weighted by Crippen LogP contribution is 2.27. The summed E-state index contributed by atoms with van der Waals surface area (Å²) in [6.45, 7) is 0. The van der Waals surface area contributed by atoms with E-state index in [0.29, 0.717) is 10.7 Å². The lowest BCUT2D eigenvalue weighted by Crippen LogP contribution is -2.13. The van der Waals surface area contributed by atoms with Crippen molar-refractivity contribution in [2.24, 2.45) is 0 Å². The third-order valence-corrected chi connectivity index (χ3v) is 5.23. The van der Waals surface area contributed by atoms with Crippen LogP contribution in [0, 0.1) is 0 Å². The number of hydrogen-bond acceptors (Lipinski definition) is 4. The summed E-state index contributed by atoms with van der Waals surface area (Å²) in [5.41, 5.74) is 2.46. The smallest absolute Gasteiger partial charge is 0.226 e. The van der Waals surface area contributed by atoms with Gasteiger partial charge in [-0.15, -0.1) is 11.3 Å². The highest BCUT2D eigenvalue weighted by atomic mass is 32.1. The first-order chi connectivity index (χ1) is 13.7. The molecule has 0 aliphatic rings. The Morgan fingerprint density at radius 3 is 2.43 bits per heavy atom. The number of rotatable bonds is 6. The first-order valence-corrected chi connectivity index (χ1v) is 9.90. The summed E-state index contributed by atoms with van der Waals surface area (Å²) in [4.78, 5) is 28.8. The number of nitrogens with one attached hydrogen (secondary N) is 1. The number of Topliss-reactive ketones (excluding diaryl/α,β-unsaturated/α-hetero) is 1. The van der Waals surface area contributed by atoms with E-state index in [0.717, 1.165) is 16.6 Å². The van der Waals surface area contributed by atoms with Crippen LogP contribution in [-0.4, -0.2) is 16.7 Å². The summed E-state index contributed by atoms with van der Waals surface area (Å²) >= 11 is 1.38. The maximum absolute atomic E-state index is 12.2. The number of carbonyl (C=O) groups excluding carboxylic acids is 2. The van der Waals surface area contributed by atoms with Gasteiger partial charge in [-0.2, -0.15) is 0 Å². The van der Waals surface area contributed by atoms with Crippen molar-refractivity contribution < 1.29 is 9.59 Å². The van der Waals surface area contributed by atoms with Gasteiger partial charge in [0, 0.05) is 29.3 Å². The molecule has 4 aromatic rings. The van der Waals surface area contributed by atoms with Crippen LogP contribution in [-0.2, 0) is 4.79 Å². The van der Waals surface area contributed by atoms with E-state index in [1.807, 2.05) is 41.8 Å². The fourth-order valence-electron chi connectivity index (χ4n) is 2.99. The van der Waals surface area contributed by atoms with Crippen LogP contribution < -0.4 is 5.32 Å². The molecule has 0 bridgehead atoms. The first kappa shape index (κ1) is 18.1. The average molecular weight is 386 g/mol. The van der Waals surface area contributed by atoms with Crippen molar-refractivity contribution in [3.05, 3.63) is 83.7 Å². The van der Waals surface area contributed by atoms with Crippen molar-refractivity contribution in [3.63, 3.8) is 0 Å². The quantitative estimate of drug-likeness (QED) is 0.441. The van der Waals surface area contributed by atoms with Gasteiger partial charge in [-0.25, -0.2) is 4.98 Å². The maximum atomic E-state index is 12.2. The number of ketones is 1. The zero-order valence-corrected chi connectivity index (χ0v) is 15.9.